The number of ketones is 1. The molecule has 9 heteroatoms. The molecule has 2 aliphatic heterocycles. The lowest BCUT2D eigenvalue weighted by Gasteiger charge is -2.28. The Labute approximate surface area is 154 Å². The number of halogens is 3. The summed E-state index contributed by atoms with van der Waals surface area (Å²) < 4.78 is 45.2. The minimum Gasteiger partial charge on any atom is -0.344 e. The molecule has 6 nitrogen and oxygen atoms in total. The molecule has 0 N–H and O–H groups in total. The highest BCUT2D eigenvalue weighted by Crippen LogP contribution is 2.36. The van der Waals surface area contributed by atoms with Crippen LogP contribution in [0.5, 0.6) is 0 Å². The van der Waals surface area contributed by atoms with Crippen molar-refractivity contribution in [2.24, 2.45) is 0 Å². The van der Waals surface area contributed by atoms with Gasteiger partial charge in [-0.2, -0.15) is 18.4 Å². The summed E-state index contributed by atoms with van der Waals surface area (Å²) in [5.41, 5.74) is -1.23. The van der Waals surface area contributed by atoms with Crippen molar-refractivity contribution in [1.29, 1.82) is 5.26 Å². The molecule has 0 aromatic heterocycles. The van der Waals surface area contributed by atoms with Crippen molar-refractivity contribution < 1.29 is 27.5 Å². The summed E-state index contributed by atoms with van der Waals surface area (Å²) in [4.78, 5) is 27.0. The molecule has 0 radical (unpaired) electrons. The maximum absolute atomic E-state index is 13.2. The molecule has 0 unspecified atom stereocenters. The lowest BCUT2D eigenvalue weighted by Crippen LogP contribution is -2.45. The van der Waals surface area contributed by atoms with Gasteiger partial charge in [-0.3, -0.25) is 9.59 Å². The van der Waals surface area contributed by atoms with Gasteiger partial charge in [0.1, 0.15) is 12.0 Å². The zero-order chi connectivity index (χ0) is 19.8. The number of nitrogens with zero attached hydrogens (tertiary/aromatic N) is 3. The first kappa shape index (κ1) is 19.2. The van der Waals surface area contributed by atoms with E-state index in [1.807, 2.05) is 0 Å². The number of alkyl halides is 3. The largest absolute Gasteiger partial charge is 0.417 e. The minimum atomic E-state index is -4.65. The third kappa shape index (κ3) is 3.90. The van der Waals surface area contributed by atoms with Gasteiger partial charge in [-0.05, 0) is 25.1 Å². The predicted molar refractivity (Wildman–Crippen MR) is 88.7 cm³/mol. The number of amides is 1. The molecule has 27 heavy (non-hydrogen) atoms. The van der Waals surface area contributed by atoms with Gasteiger partial charge < -0.3 is 14.5 Å². The normalized spacial score (nSPS) is 23.4. The number of piperidine rings is 1. The Bertz CT molecular complexity index is 793. The Morgan fingerprint density at radius 1 is 1.30 bits per heavy atom. The molecule has 1 aromatic carbocycles. The van der Waals surface area contributed by atoms with E-state index in [1.165, 1.54) is 6.07 Å². The van der Waals surface area contributed by atoms with E-state index < -0.39 is 29.6 Å². The Morgan fingerprint density at radius 3 is 2.56 bits per heavy atom. The number of hydrogen-bond acceptors (Lipinski definition) is 5. The number of hydrogen-bond donors (Lipinski definition) is 0. The number of benzene rings is 1. The van der Waals surface area contributed by atoms with Crippen molar-refractivity contribution in [3.05, 3.63) is 29.3 Å². The monoisotopic (exact) mass is 381 g/mol. The third-order valence-corrected chi connectivity index (χ3v) is 4.83. The molecular weight excluding hydrogens is 363 g/mol. The Kier molecular flexibility index (Phi) is 5.11. The van der Waals surface area contributed by atoms with Crippen LogP contribution in [0.1, 0.15) is 30.9 Å². The van der Waals surface area contributed by atoms with Crippen LogP contribution < -0.4 is 4.90 Å². The quantitative estimate of drug-likeness (QED) is 0.786. The topological polar surface area (TPSA) is 73.6 Å². The van der Waals surface area contributed by atoms with Crippen molar-refractivity contribution in [2.45, 2.75) is 38.3 Å². The number of nitriles is 1. The summed E-state index contributed by atoms with van der Waals surface area (Å²) in [6, 6.07) is 4.99. The van der Waals surface area contributed by atoms with Gasteiger partial charge in [-0.1, -0.05) is 0 Å². The van der Waals surface area contributed by atoms with Crippen molar-refractivity contribution in [2.75, 3.05) is 24.5 Å². The van der Waals surface area contributed by atoms with Crippen molar-refractivity contribution >= 4 is 17.4 Å². The minimum absolute atomic E-state index is 0.105. The summed E-state index contributed by atoms with van der Waals surface area (Å²) >= 11 is 0. The van der Waals surface area contributed by atoms with E-state index in [-0.39, 0.29) is 23.9 Å². The molecule has 2 atom stereocenters. The summed E-state index contributed by atoms with van der Waals surface area (Å²) in [6.45, 7) is 2.42. The second-order valence-corrected chi connectivity index (χ2v) is 6.58. The van der Waals surface area contributed by atoms with Gasteiger partial charge in [0.2, 0.25) is 0 Å². The zero-order valence-electron chi connectivity index (χ0n) is 14.6. The summed E-state index contributed by atoms with van der Waals surface area (Å²) in [5, 5.41) is 8.91. The number of Topliss-reactive ketones (excluding diaryl/α,β-unsaturated/α-hetero) is 1. The highest BCUT2D eigenvalue weighted by molar-refractivity contribution is 5.86. The average molecular weight is 381 g/mol. The molecule has 0 saturated carbocycles. The second-order valence-electron chi connectivity index (χ2n) is 6.58. The van der Waals surface area contributed by atoms with Gasteiger partial charge in [0.15, 0.2) is 6.10 Å². The first-order valence-electron chi connectivity index (χ1n) is 8.54. The molecule has 2 saturated heterocycles. The molecule has 2 heterocycles. The van der Waals surface area contributed by atoms with Crippen molar-refractivity contribution in [3.63, 3.8) is 0 Å². The summed E-state index contributed by atoms with van der Waals surface area (Å²) in [7, 11) is 0. The van der Waals surface area contributed by atoms with E-state index in [0.717, 1.165) is 12.1 Å². The lowest BCUT2D eigenvalue weighted by atomic mass is 10.1. The summed E-state index contributed by atoms with van der Waals surface area (Å²) in [6.07, 6.45) is -5.44. The van der Waals surface area contributed by atoms with E-state index in [0.29, 0.717) is 25.9 Å². The van der Waals surface area contributed by atoms with E-state index >= 15 is 0 Å². The average Bonchev–Trinajstić information content (AvgIpc) is 3.02. The predicted octanol–water partition coefficient (Wildman–Crippen LogP) is 2.32. The van der Waals surface area contributed by atoms with Crippen LogP contribution >= 0.6 is 0 Å². The third-order valence-electron chi connectivity index (χ3n) is 4.83. The Morgan fingerprint density at radius 2 is 1.96 bits per heavy atom. The van der Waals surface area contributed by atoms with Crippen LogP contribution in [0.4, 0.5) is 18.9 Å². The molecule has 2 aliphatic rings. The standard InChI is InChI=1S/C18H18F3N3O3/c1-11-24(13-3-2-12(9-22)15(8-13)18(19,20)21)10-16(27-11)17(26)23-6-4-14(25)5-7-23/h2-3,8,11,16H,4-7,10H2,1H3/t11-,16+/m1/s1. The van der Waals surface area contributed by atoms with Crippen LogP contribution in [0.3, 0.4) is 0 Å². The Hall–Kier alpha value is -2.60. The smallest absolute Gasteiger partial charge is 0.344 e. The van der Waals surface area contributed by atoms with Gasteiger partial charge in [0.05, 0.1) is 23.7 Å². The molecule has 2 fully saturated rings. The lowest BCUT2D eigenvalue weighted by molar-refractivity contribution is -0.144. The van der Waals surface area contributed by atoms with Crippen molar-refractivity contribution in [1.82, 2.24) is 4.90 Å². The zero-order valence-corrected chi connectivity index (χ0v) is 14.6. The van der Waals surface area contributed by atoms with E-state index in [2.05, 4.69) is 0 Å². The van der Waals surface area contributed by atoms with Crippen molar-refractivity contribution in [3.8, 4) is 6.07 Å². The SMILES string of the molecule is C[C@H]1O[C@H](C(=O)N2CCC(=O)CC2)CN1c1ccc(C#N)c(C(F)(F)F)c1. The van der Waals surface area contributed by atoms with Crippen LogP contribution in [-0.4, -0.2) is 48.6 Å². The van der Waals surface area contributed by atoms with Gasteiger partial charge >= 0.3 is 6.18 Å². The summed E-state index contributed by atoms with van der Waals surface area (Å²) in [5.74, 6) is -0.153. The fourth-order valence-electron chi connectivity index (χ4n) is 3.36. The first-order chi connectivity index (χ1) is 12.7. The maximum atomic E-state index is 13.2. The number of rotatable bonds is 2. The van der Waals surface area contributed by atoms with Gasteiger partial charge in [0, 0.05) is 31.6 Å². The molecule has 144 valence electrons. The van der Waals surface area contributed by atoms with Crippen LogP contribution in [0.25, 0.3) is 0 Å². The van der Waals surface area contributed by atoms with E-state index in [1.54, 1.807) is 22.8 Å². The highest BCUT2D eigenvalue weighted by atomic mass is 19.4. The van der Waals surface area contributed by atoms with E-state index in [9.17, 15) is 22.8 Å². The van der Waals surface area contributed by atoms with E-state index in [4.69, 9.17) is 10.00 Å². The van der Waals surface area contributed by atoms with Crippen LogP contribution in [0.15, 0.2) is 18.2 Å². The number of carbonyl (C=O) groups is 2. The van der Waals surface area contributed by atoms with Crippen LogP contribution in [-0.2, 0) is 20.5 Å². The fourth-order valence-corrected chi connectivity index (χ4v) is 3.36. The molecule has 0 spiro atoms. The second kappa shape index (κ2) is 7.19. The highest BCUT2D eigenvalue weighted by Gasteiger charge is 2.39. The Balaban J connectivity index is 1.78. The van der Waals surface area contributed by atoms with Crippen LogP contribution in [0, 0.1) is 11.3 Å². The number of likely N-dealkylation sites (tertiary alicyclic amines) is 1. The molecule has 0 aliphatic carbocycles. The molecule has 3 rings (SSSR count). The molecular formula is C18H18F3N3O3. The van der Waals surface area contributed by atoms with Gasteiger partial charge in [-0.15, -0.1) is 0 Å². The number of carbonyl (C=O) groups excluding carboxylic acids is 2. The number of anilines is 1. The molecule has 1 amide bonds. The first-order valence-corrected chi connectivity index (χ1v) is 8.54. The van der Waals surface area contributed by atoms with Gasteiger partial charge in [-0.25, -0.2) is 0 Å². The fraction of sp³-hybridized carbons (Fsp3) is 0.500. The van der Waals surface area contributed by atoms with Crippen LogP contribution in [0.2, 0.25) is 0 Å². The maximum Gasteiger partial charge on any atom is 0.417 e. The molecule has 1 aromatic rings. The number of ether oxygens (including phenoxy) is 1. The van der Waals surface area contributed by atoms with Gasteiger partial charge in [0.25, 0.3) is 5.91 Å². The molecule has 0 bridgehead atoms.